The van der Waals surface area contributed by atoms with Crippen molar-refractivity contribution < 1.29 is 4.79 Å². The minimum absolute atomic E-state index is 0.288. The molecule has 1 amide bonds. The fourth-order valence-electron chi connectivity index (χ4n) is 1.48. The summed E-state index contributed by atoms with van der Waals surface area (Å²) in [5, 5.41) is 6.96. The highest BCUT2D eigenvalue weighted by molar-refractivity contribution is 7.11. The summed E-state index contributed by atoms with van der Waals surface area (Å²) in [6, 6.07) is 5.19. The average molecular weight is 342 g/mol. The lowest BCUT2D eigenvalue weighted by Crippen LogP contribution is -2.17. The highest BCUT2D eigenvalue weighted by Crippen LogP contribution is 2.24. The molecule has 7 heteroatoms. The molecule has 2 aromatic rings. The summed E-state index contributed by atoms with van der Waals surface area (Å²) in [4.78, 5) is 16.1. The number of hydrogen-bond acceptors (Lipinski definition) is 4. The molecule has 0 radical (unpaired) electrons. The van der Waals surface area contributed by atoms with Crippen molar-refractivity contribution in [3.8, 4) is 0 Å². The van der Waals surface area contributed by atoms with Gasteiger partial charge in [-0.1, -0.05) is 49.2 Å². The van der Waals surface area contributed by atoms with E-state index in [9.17, 15) is 4.79 Å². The van der Waals surface area contributed by atoms with Gasteiger partial charge in [0.1, 0.15) is 0 Å². The van der Waals surface area contributed by atoms with E-state index in [4.69, 9.17) is 23.2 Å². The number of carbonyl (C=O) groups is 1. The van der Waals surface area contributed by atoms with Gasteiger partial charge < -0.3 is 0 Å². The standard InChI is InChI=1S/C14H13Cl2N3OS/c1-8(2)11-7-21-14(18-11)13(20)19-17-6-9-4-3-5-10(15)12(9)16/h3-8H,1-2H3,(H,19,20)/b17-6+. The van der Waals surface area contributed by atoms with Gasteiger partial charge in [-0.15, -0.1) is 11.3 Å². The van der Waals surface area contributed by atoms with Crippen LogP contribution in [0, 0.1) is 0 Å². The largest absolute Gasteiger partial charge is 0.300 e. The topological polar surface area (TPSA) is 54.4 Å². The molecule has 4 nitrogen and oxygen atoms in total. The van der Waals surface area contributed by atoms with Gasteiger partial charge in [0.15, 0.2) is 5.01 Å². The minimum atomic E-state index is -0.346. The Hall–Kier alpha value is -1.43. The van der Waals surface area contributed by atoms with E-state index in [0.29, 0.717) is 20.6 Å². The molecule has 0 saturated heterocycles. The lowest BCUT2D eigenvalue weighted by atomic mass is 10.2. The maximum absolute atomic E-state index is 11.9. The van der Waals surface area contributed by atoms with Crippen molar-refractivity contribution in [2.75, 3.05) is 0 Å². The van der Waals surface area contributed by atoms with Gasteiger partial charge in [-0.3, -0.25) is 4.79 Å². The number of hydrazone groups is 1. The number of hydrogen-bond donors (Lipinski definition) is 1. The maximum atomic E-state index is 11.9. The maximum Gasteiger partial charge on any atom is 0.300 e. The first-order chi connectivity index (χ1) is 9.99. The molecule has 0 aliphatic carbocycles. The summed E-state index contributed by atoms with van der Waals surface area (Å²) >= 11 is 13.2. The first kappa shape index (κ1) is 15.9. The van der Waals surface area contributed by atoms with Crippen LogP contribution >= 0.6 is 34.5 Å². The number of benzene rings is 1. The van der Waals surface area contributed by atoms with Crippen molar-refractivity contribution in [1.29, 1.82) is 0 Å². The number of nitrogens with zero attached hydrogens (tertiary/aromatic N) is 2. The number of thiazole rings is 1. The molecule has 1 aromatic carbocycles. The van der Waals surface area contributed by atoms with Crippen LogP contribution in [0.15, 0.2) is 28.7 Å². The summed E-state index contributed by atoms with van der Waals surface area (Å²) in [6.07, 6.45) is 1.45. The van der Waals surface area contributed by atoms with Gasteiger partial charge >= 0.3 is 0 Å². The number of nitrogens with one attached hydrogen (secondary N) is 1. The Labute approximate surface area is 136 Å². The molecular formula is C14H13Cl2N3OS. The fraction of sp³-hybridized carbons (Fsp3) is 0.214. The first-order valence-electron chi connectivity index (χ1n) is 6.22. The molecule has 0 saturated carbocycles. The Morgan fingerprint density at radius 2 is 2.19 bits per heavy atom. The van der Waals surface area contributed by atoms with Gasteiger partial charge in [0, 0.05) is 10.9 Å². The molecular weight excluding hydrogens is 329 g/mol. The van der Waals surface area contributed by atoms with Crippen LogP contribution in [-0.4, -0.2) is 17.1 Å². The van der Waals surface area contributed by atoms with E-state index in [1.165, 1.54) is 17.6 Å². The monoisotopic (exact) mass is 341 g/mol. The van der Waals surface area contributed by atoms with Gasteiger partial charge in [0.25, 0.3) is 5.91 Å². The minimum Gasteiger partial charge on any atom is -0.265 e. The third kappa shape index (κ3) is 4.03. The Morgan fingerprint density at radius 1 is 1.43 bits per heavy atom. The summed E-state index contributed by atoms with van der Waals surface area (Å²) in [6.45, 7) is 4.05. The zero-order valence-electron chi connectivity index (χ0n) is 11.4. The third-order valence-corrected chi connectivity index (χ3v) is 4.35. The highest BCUT2D eigenvalue weighted by atomic mass is 35.5. The molecule has 0 spiro atoms. The number of aromatic nitrogens is 1. The summed E-state index contributed by atoms with van der Waals surface area (Å²) in [5.74, 6) is -0.0575. The van der Waals surface area contributed by atoms with Crippen LogP contribution in [0.5, 0.6) is 0 Å². The van der Waals surface area contributed by atoms with Crippen LogP contribution < -0.4 is 5.43 Å². The van der Waals surface area contributed by atoms with Gasteiger partial charge in [0.05, 0.1) is 22.0 Å². The second-order valence-corrected chi connectivity index (χ2v) is 6.22. The predicted octanol–water partition coefficient (Wildman–Crippen LogP) is 4.34. The molecule has 0 fully saturated rings. The van der Waals surface area contributed by atoms with Crippen molar-refractivity contribution in [2.24, 2.45) is 5.10 Å². The summed E-state index contributed by atoms with van der Waals surface area (Å²) < 4.78 is 0. The Balaban J connectivity index is 2.03. The van der Waals surface area contributed by atoms with E-state index >= 15 is 0 Å². The average Bonchev–Trinajstić information content (AvgIpc) is 2.93. The predicted molar refractivity (Wildman–Crippen MR) is 87.7 cm³/mol. The molecule has 0 atom stereocenters. The summed E-state index contributed by atoms with van der Waals surface area (Å²) in [7, 11) is 0. The lowest BCUT2D eigenvalue weighted by molar-refractivity contribution is 0.0954. The van der Waals surface area contributed by atoms with Crippen molar-refractivity contribution in [1.82, 2.24) is 10.4 Å². The van der Waals surface area contributed by atoms with E-state index in [2.05, 4.69) is 15.5 Å². The van der Waals surface area contributed by atoms with Crippen molar-refractivity contribution >= 4 is 46.7 Å². The van der Waals surface area contributed by atoms with E-state index < -0.39 is 0 Å². The number of carbonyl (C=O) groups excluding carboxylic acids is 1. The van der Waals surface area contributed by atoms with Crippen molar-refractivity contribution in [3.63, 3.8) is 0 Å². The Bertz CT molecular complexity index is 683. The molecule has 0 bridgehead atoms. The second kappa shape index (κ2) is 7.02. The quantitative estimate of drug-likeness (QED) is 0.664. The van der Waals surface area contributed by atoms with E-state index in [1.807, 2.05) is 19.2 Å². The molecule has 1 heterocycles. The molecule has 0 aliphatic heterocycles. The van der Waals surface area contributed by atoms with Crippen LogP contribution in [0.25, 0.3) is 0 Å². The smallest absolute Gasteiger partial charge is 0.265 e. The van der Waals surface area contributed by atoms with Crippen LogP contribution in [-0.2, 0) is 0 Å². The van der Waals surface area contributed by atoms with Gasteiger partial charge in [-0.05, 0) is 12.0 Å². The Morgan fingerprint density at radius 3 is 2.86 bits per heavy atom. The molecule has 0 aliphatic rings. The molecule has 1 aromatic heterocycles. The van der Waals surface area contributed by atoms with Crippen LogP contribution in [0.2, 0.25) is 10.0 Å². The third-order valence-electron chi connectivity index (χ3n) is 2.66. The molecule has 1 N–H and O–H groups in total. The second-order valence-electron chi connectivity index (χ2n) is 4.57. The van der Waals surface area contributed by atoms with Gasteiger partial charge in [-0.25, -0.2) is 10.4 Å². The molecule has 21 heavy (non-hydrogen) atoms. The van der Waals surface area contributed by atoms with E-state index in [0.717, 1.165) is 5.69 Å². The van der Waals surface area contributed by atoms with Crippen molar-refractivity contribution in [3.05, 3.63) is 49.9 Å². The van der Waals surface area contributed by atoms with Crippen molar-refractivity contribution in [2.45, 2.75) is 19.8 Å². The van der Waals surface area contributed by atoms with E-state index in [1.54, 1.807) is 18.2 Å². The lowest BCUT2D eigenvalue weighted by Gasteiger charge is -2.00. The fourth-order valence-corrected chi connectivity index (χ4v) is 2.71. The zero-order valence-corrected chi connectivity index (χ0v) is 13.8. The molecule has 110 valence electrons. The van der Waals surface area contributed by atoms with Crippen LogP contribution in [0.3, 0.4) is 0 Å². The van der Waals surface area contributed by atoms with Gasteiger partial charge in [0.2, 0.25) is 0 Å². The van der Waals surface area contributed by atoms with Crippen LogP contribution in [0.1, 0.15) is 40.8 Å². The Kier molecular flexibility index (Phi) is 5.33. The summed E-state index contributed by atoms with van der Waals surface area (Å²) in [5.41, 5.74) is 3.95. The SMILES string of the molecule is CC(C)c1csc(C(=O)N/N=C/c2cccc(Cl)c2Cl)n1. The number of amides is 1. The highest BCUT2D eigenvalue weighted by Gasteiger charge is 2.12. The van der Waals surface area contributed by atoms with E-state index in [-0.39, 0.29) is 11.8 Å². The number of rotatable bonds is 4. The zero-order chi connectivity index (χ0) is 15.4. The van der Waals surface area contributed by atoms with Crippen LogP contribution in [0.4, 0.5) is 0 Å². The first-order valence-corrected chi connectivity index (χ1v) is 7.85. The normalized spacial score (nSPS) is 11.3. The molecule has 0 unspecified atom stereocenters. The number of halogens is 2. The van der Waals surface area contributed by atoms with Gasteiger partial charge in [-0.2, -0.15) is 5.10 Å². The molecule has 2 rings (SSSR count).